The van der Waals surface area contributed by atoms with Crippen molar-refractivity contribution in [2.24, 2.45) is 10.8 Å². The molecule has 1 atom stereocenters. The molecule has 0 unspecified atom stereocenters. The number of nitrogens with one attached hydrogen (secondary N) is 2. The molecule has 5 nitrogen and oxygen atoms in total. The van der Waals surface area contributed by atoms with Gasteiger partial charge in [0, 0.05) is 37.3 Å². The van der Waals surface area contributed by atoms with E-state index < -0.39 is 11.6 Å². The van der Waals surface area contributed by atoms with E-state index in [0.717, 1.165) is 44.4 Å². The molecule has 0 aromatic heterocycles. The van der Waals surface area contributed by atoms with E-state index in [-0.39, 0.29) is 22.4 Å². The van der Waals surface area contributed by atoms with Gasteiger partial charge in [0.15, 0.2) is 5.11 Å². The Morgan fingerprint density at radius 2 is 2.04 bits per heavy atom. The topological polar surface area (TPSA) is 65.7 Å². The largest absolute Gasteiger partial charge is 0.379 e. The van der Waals surface area contributed by atoms with Crippen LogP contribution in [0.1, 0.15) is 17.5 Å². The van der Waals surface area contributed by atoms with Crippen LogP contribution in [0.2, 0.25) is 0 Å². The van der Waals surface area contributed by atoms with Crippen molar-refractivity contribution in [2.45, 2.75) is 19.0 Å². The molecule has 0 bridgehead atoms. The highest BCUT2D eigenvalue weighted by atomic mass is 32.1. The number of nitrogens with zero attached hydrogens (tertiary/aromatic N) is 2. The van der Waals surface area contributed by atoms with Crippen LogP contribution in [0.15, 0.2) is 47.6 Å². The molecule has 2 aromatic carbocycles. The lowest BCUT2D eigenvalue weighted by atomic mass is 10.1. The Hall–Kier alpha value is -2.58. The van der Waals surface area contributed by atoms with E-state index in [4.69, 9.17) is 5.73 Å². The molecule has 1 fully saturated rings. The summed E-state index contributed by atoms with van der Waals surface area (Å²) in [5.41, 5.74) is 8.94. The van der Waals surface area contributed by atoms with Gasteiger partial charge in [0.05, 0.1) is 11.9 Å². The monoisotopic (exact) mass is 389 g/mol. The molecule has 1 aliphatic rings. The third kappa shape index (κ3) is 5.45. The Kier molecular flexibility index (Phi) is 6.31. The van der Waals surface area contributed by atoms with E-state index in [1.165, 1.54) is 5.56 Å². The molecule has 1 saturated heterocycles. The molecular weight excluding hydrogens is 368 g/mol. The molecule has 1 aliphatic heterocycles. The molecule has 0 amide bonds. The van der Waals surface area contributed by atoms with E-state index in [1.807, 2.05) is 18.2 Å². The van der Waals surface area contributed by atoms with Gasteiger partial charge in [-0.15, -0.1) is 0 Å². The van der Waals surface area contributed by atoms with Gasteiger partial charge in [0.2, 0.25) is 0 Å². The minimum atomic E-state index is -0.577. The van der Waals surface area contributed by atoms with Gasteiger partial charge in [-0.25, -0.2) is 8.78 Å². The third-order valence-corrected chi connectivity index (χ3v) is 4.44. The molecule has 2 aromatic rings. The number of hydrogen-bond acceptors (Lipinski definition) is 4. The van der Waals surface area contributed by atoms with Crippen molar-refractivity contribution in [2.75, 3.05) is 18.4 Å². The smallest absolute Gasteiger partial charge is 0.184 e. The minimum absolute atomic E-state index is 0.0129. The normalized spacial score (nSPS) is 17.3. The molecular formula is C19H21F2N5S. The average Bonchev–Trinajstić information content (AvgIpc) is 3.06. The van der Waals surface area contributed by atoms with Crippen LogP contribution in [-0.4, -0.2) is 35.4 Å². The number of halogens is 2. The first kappa shape index (κ1) is 19.2. The van der Waals surface area contributed by atoms with E-state index in [0.29, 0.717) is 0 Å². The maximum Gasteiger partial charge on any atom is 0.184 e. The molecule has 0 aliphatic carbocycles. The van der Waals surface area contributed by atoms with Gasteiger partial charge in [-0.3, -0.25) is 10.3 Å². The van der Waals surface area contributed by atoms with E-state index in [1.54, 1.807) is 0 Å². The fourth-order valence-corrected chi connectivity index (χ4v) is 3.15. The quantitative estimate of drug-likeness (QED) is 0.403. The second-order valence-electron chi connectivity index (χ2n) is 6.44. The van der Waals surface area contributed by atoms with E-state index >= 15 is 0 Å². The first-order chi connectivity index (χ1) is 13.0. The van der Waals surface area contributed by atoms with Crippen LogP contribution in [0.3, 0.4) is 0 Å². The lowest BCUT2D eigenvalue weighted by molar-refractivity contribution is 0.328. The lowest BCUT2D eigenvalue weighted by Crippen LogP contribution is -2.26. The summed E-state index contributed by atoms with van der Waals surface area (Å²) in [6.45, 7) is 2.53. The van der Waals surface area contributed by atoms with Crippen molar-refractivity contribution < 1.29 is 8.78 Å². The fraction of sp³-hybridized carbons (Fsp3) is 0.263. The van der Waals surface area contributed by atoms with Gasteiger partial charge in [-0.05, 0) is 30.3 Å². The van der Waals surface area contributed by atoms with Crippen LogP contribution in [0.5, 0.6) is 0 Å². The van der Waals surface area contributed by atoms with Gasteiger partial charge in [-0.1, -0.05) is 30.3 Å². The predicted molar refractivity (Wildman–Crippen MR) is 108 cm³/mol. The number of anilines is 1. The molecule has 4 N–H and O–H groups in total. The zero-order valence-corrected chi connectivity index (χ0v) is 15.5. The number of benzene rings is 2. The first-order valence-electron chi connectivity index (χ1n) is 8.61. The van der Waals surface area contributed by atoms with Crippen molar-refractivity contribution in [3.05, 3.63) is 65.2 Å². The molecule has 8 heteroatoms. The summed E-state index contributed by atoms with van der Waals surface area (Å²) in [6, 6.07) is 12.5. The van der Waals surface area contributed by atoms with Gasteiger partial charge in [0.25, 0.3) is 0 Å². The number of hydrazone groups is 1. The number of likely N-dealkylation sites (tertiary alicyclic amines) is 1. The third-order valence-electron chi connectivity index (χ3n) is 4.35. The second kappa shape index (κ2) is 8.88. The zero-order chi connectivity index (χ0) is 19.2. The maximum absolute atomic E-state index is 14.3. The highest BCUT2D eigenvalue weighted by Crippen LogP contribution is 2.22. The highest BCUT2D eigenvalue weighted by Gasteiger charge is 2.23. The van der Waals surface area contributed by atoms with Crippen LogP contribution in [0, 0.1) is 11.6 Å². The SMILES string of the molecule is NC(=S)N/N=C/c1cc(F)c(N[C@H]2CCN(Cc3ccccc3)C2)cc1F. The molecule has 27 heavy (non-hydrogen) atoms. The maximum atomic E-state index is 14.3. The Morgan fingerprint density at radius 1 is 1.26 bits per heavy atom. The highest BCUT2D eigenvalue weighted by molar-refractivity contribution is 7.80. The van der Waals surface area contributed by atoms with Gasteiger partial charge in [-0.2, -0.15) is 5.10 Å². The van der Waals surface area contributed by atoms with Crippen molar-refractivity contribution in [3.8, 4) is 0 Å². The molecule has 3 rings (SSSR count). The fourth-order valence-electron chi connectivity index (χ4n) is 3.09. The number of nitrogens with two attached hydrogens (primary N) is 1. The Morgan fingerprint density at radius 3 is 2.78 bits per heavy atom. The van der Waals surface area contributed by atoms with Crippen LogP contribution < -0.4 is 16.5 Å². The first-order valence-corrected chi connectivity index (χ1v) is 9.02. The van der Waals surface area contributed by atoms with Gasteiger partial charge >= 0.3 is 0 Å². The Balaban J connectivity index is 1.60. The summed E-state index contributed by atoms with van der Waals surface area (Å²) in [4.78, 5) is 2.30. The standard InChI is InChI=1S/C19H21F2N5S/c20-16-9-18(17(21)8-14(16)10-23-25-19(22)27)24-15-6-7-26(12-15)11-13-4-2-1-3-5-13/h1-5,8-10,15,24H,6-7,11-12H2,(H3,22,25,27)/b23-10+/t15-/m0/s1. The van der Waals surface area contributed by atoms with Crippen LogP contribution >= 0.6 is 12.2 Å². The minimum Gasteiger partial charge on any atom is -0.379 e. The molecule has 0 saturated carbocycles. The van der Waals surface area contributed by atoms with Crippen molar-refractivity contribution >= 4 is 29.2 Å². The summed E-state index contributed by atoms with van der Waals surface area (Å²) in [5.74, 6) is -1.11. The van der Waals surface area contributed by atoms with Crippen molar-refractivity contribution in [1.29, 1.82) is 0 Å². The number of rotatable bonds is 6. The second-order valence-corrected chi connectivity index (χ2v) is 6.88. The van der Waals surface area contributed by atoms with Crippen molar-refractivity contribution in [1.82, 2.24) is 10.3 Å². The number of thiocarbonyl (C=S) groups is 1. The van der Waals surface area contributed by atoms with E-state index in [9.17, 15) is 8.78 Å². The summed E-state index contributed by atoms with van der Waals surface area (Å²) in [7, 11) is 0. The molecule has 0 radical (unpaired) electrons. The molecule has 142 valence electrons. The number of hydrogen-bond donors (Lipinski definition) is 3. The lowest BCUT2D eigenvalue weighted by Gasteiger charge is -2.18. The molecule has 1 heterocycles. The summed E-state index contributed by atoms with van der Waals surface area (Å²) in [5, 5.41) is 6.71. The van der Waals surface area contributed by atoms with Crippen molar-refractivity contribution in [3.63, 3.8) is 0 Å². The molecule has 0 spiro atoms. The average molecular weight is 389 g/mol. The van der Waals surface area contributed by atoms with Crippen LogP contribution in [0.4, 0.5) is 14.5 Å². The van der Waals surface area contributed by atoms with Gasteiger partial charge < -0.3 is 11.1 Å². The summed E-state index contributed by atoms with van der Waals surface area (Å²) >= 11 is 4.59. The Labute approximate surface area is 162 Å². The van der Waals surface area contributed by atoms with Gasteiger partial charge in [0.1, 0.15) is 11.6 Å². The Bertz CT molecular complexity index is 828. The summed E-state index contributed by atoms with van der Waals surface area (Å²) in [6.07, 6.45) is 2.01. The van der Waals surface area contributed by atoms with Crippen LogP contribution in [-0.2, 0) is 6.54 Å². The van der Waals surface area contributed by atoms with Crippen LogP contribution in [0.25, 0.3) is 0 Å². The van der Waals surface area contributed by atoms with E-state index in [2.05, 4.69) is 45.1 Å². The summed E-state index contributed by atoms with van der Waals surface area (Å²) < 4.78 is 28.5. The predicted octanol–water partition coefficient (Wildman–Crippen LogP) is 2.82. The zero-order valence-electron chi connectivity index (χ0n) is 14.7.